The van der Waals surface area contributed by atoms with Gasteiger partial charge in [0.15, 0.2) is 0 Å². The summed E-state index contributed by atoms with van der Waals surface area (Å²) in [5, 5.41) is 0. The van der Waals surface area contributed by atoms with Gasteiger partial charge in [0, 0.05) is 0 Å². The molecule has 0 fully saturated rings. The van der Waals surface area contributed by atoms with Crippen molar-refractivity contribution in [2.24, 2.45) is 0 Å². The van der Waals surface area contributed by atoms with Crippen LogP contribution in [-0.2, 0) is 0 Å². The average molecular weight is 285 g/mol. The quantitative estimate of drug-likeness (QED) is 0.513. The Kier molecular flexibility index (Phi) is 8.64. The molecule has 0 spiro atoms. The fourth-order valence-electron chi connectivity index (χ4n) is 1.38. The normalized spacial score (nSPS) is 13.5. The summed E-state index contributed by atoms with van der Waals surface area (Å²) in [4.78, 5) is 0. The van der Waals surface area contributed by atoms with E-state index < -0.39 is 0 Å². The van der Waals surface area contributed by atoms with Crippen LogP contribution in [0.3, 0.4) is 0 Å². The molecular formula is C15H25Br. The summed E-state index contributed by atoms with van der Waals surface area (Å²) in [6.07, 6.45) is 9.13. The molecule has 0 saturated heterocycles. The number of rotatable bonds is 6. The van der Waals surface area contributed by atoms with E-state index in [-0.39, 0.29) is 0 Å². The van der Waals surface area contributed by atoms with Gasteiger partial charge >= 0.3 is 0 Å². The minimum Gasteiger partial charge on any atom is -0.0887 e. The Bertz CT molecular complexity index is 289. The van der Waals surface area contributed by atoms with Crippen LogP contribution in [0.1, 0.15) is 60.3 Å². The van der Waals surface area contributed by atoms with E-state index in [4.69, 9.17) is 0 Å². The fourth-order valence-corrected chi connectivity index (χ4v) is 1.77. The van der Waals surface area contributed by atoms with E-state index in [2.05, 4.69) is 62.7 Å². The fraction of sp³-hybridized carbons (Fsp3) is 0.600. The minimum atomic E-state index is 1.14. The number of hydrogen-bond donors (Lipinski definition) is 0. The summed E-state index contributed by atoms with van der Waals surface area (Å²) in [7, 11) is 0. The Hall–Kier alpha value is -0.300. The van der Waals surface area contributed by atoms with E-state index in [9.17, 15) is 0 Å². The first-order valence-corrected chi connectivity index (χ1v) is 6.86. The van der Waals surface area contributed by atoms with Gasteiger partial charge < -0.3 is 0 Å². The van der Waals surface area contributed by atoms with Crippen LogP contribution in [0.4, 0.5) is 0 Å². The van der Waals surface area contributed by atoms with Crippen molar-refractivity contribution in [1.29, 1.82) is 0 Å². The standard InChI is InChI=1S/C15H25Br/c1-6-13(4)10-11-15(16)14(5)9-7-8-12(2)3/h6,8H,7,9-11H2,1-5H3. The van der Waals surface area contributed by atoms with Crippen LogP contribution in [0.2, 0.25) is 0 Å². The van der Waals surface area contributed by atoms with Crippen molar-refractivity contribution in [1.82, 2.24) is 0 Å². The van der Waals surface area contributed by atoms with Crippen LogP contribution in [0.15, 0.2) is 33.4 Å². The van der Waals surface area contributed by atoms with Crippen LogP contribution < -0.4 is 0 Å². The Morgan fingerprint density at radius 2 is 1.62 bits per heavy atom. The zero-order chi connectivity index (χ0) is 12.6. The molecule has 0 radical (unpaired) electrons. The van der Waals surface area contributed by atoms with Crippen LogP contribution in [0.25, 0.3) is 0 Å². The molecule has 0 unspecified atom stereocenters. The molecule has 0 aromatic rings. The van der Waals surface area contributed by atoms with Crippen LogP contribution >= 0.6 is 15.9 Å². The molecule has 0 saturated carbocycles. The van der Waals surface area contributed by atoms with Crippen LogP contribution in [0.5, 0.6) is 0 Å². The third-order valence-corrected chi connectivity index (χ3v) is 3.84. The first-order chi connectivity index (χ1) is 7.47. The lowest BCUT2D eigenvalue weighted by Gasteiger charge is -2.06. The monoisotopic (exact) mass is 284 g/mol. The summed E-state index contributed by atoms with van der Waals surface area (Å²) in [6.45, 7) is 10.8. The molecule has 0 heterocycles. The van der Waals surface area contributed by atoms with E-state index in [0.717, 1.165) is 19.3 Å². The molecule has 0 amide bonds. The lowest BCUT2D eigenvalue weighted by atomic mass is 10.1. The zero-order valence-corrected chi connectivity index (χ0v) is 12.9. The van der Waals surface area contributed by atoms with Gasteiger partial charge in [0.2, 0.25) is 0 Å². The molecule has 0 N–H and O–H groups in total. The maximum Gasteiger partial charge on any atom is -0.00568 e. The molecule has 0 aromatic heterocycles. The summed E-state index contributed by atoms with van der Waals surface area (Å²) in [6, 6.07) is 0. The minimum absolute atomic E-state index is 1.14. The van der Waals surface area contributed by atoms with Gasteiger partial charge in [-0.15, -0.1) is 0 Å². The highest BCUT2D eigenvalue weighted by Gasteiger charge is 1.99. The third kappa shape index (κ3) is 7.92. The van der Waals surface area contributed by atoms with Crippen molar-refractivity contribution in [3.8, 4) is 0 Å². The molecule has 0 bridgehead atoms. The summed E-state index contributed by atoms with van der Waals surface area (Å²) in [5.74, 6) is 0. The van der Waals surface area contributed by atoms with Gasteiger partial charge in [0.1, 0.15) is 0 Å². The first kappa shape index (κ1) is 15.7. The van der Waals surface area contributed by atoms with Crippen molar-refractivity contribution in [2.45, 2.75) is 60.3 Å². The highest BCUT2D eigenvalue weighted by molar-refractivity contribution is 9.11. The Balaban J connectivity index is 4.10. The van der Waals surface area contributed by atoms with Gasteiger partial charge in [-0.3, -0.25) is 0 Å². The predicted molar refractivity (Wildman–Crippen MR) is 79.0 cm³/mol. The Morgan fingerprint density at radius 1 is 1.00 bits per heavy atom. The molecule has 92 valence electrons. The average Bonchev–Trinajstić information content (AvgIpc) is 2.24. The van der Waals surface area contributed by atoms with E-state index in [1.807, 2.05) is 0 Å². The molecule has 0 aliphatic rings. The lowest BCUT2D eigenvalue weighted by Crippen LogP contribution is -1.84. The second-order valence-corrected chi connectivity index (χ2v) is 5.60. The van der Waals surface area contributed by atoms with Crippen molar-refractivity contribution in [3.05, 3.63) is 33.4 Å². The molecular weight excluding hydrogens is 260 g/mol. The Morgan fingerprint density at radius 3 is 2.12 bits per heavy atom. The van der Waals surface area contributed by atoms with E-state index in [1.165, 1.54) is 27.6 Å². The molecule has 1 heteroatoms. The van der Waals surface area contributed by atoms with Gasteiger partial charge in [-0.2, -0.15) is 0 Å². The maximum atomic E-state index is 3.70. The highest BCUT2D eigenvalue weighted by atomic mass is 79.9. The highest BCUT2D eigenvalue weighted by Crippen LogP contribution is 2.23. The smallest absolute Gasteiger partial charge is 0.00568 e. The Labute approximate surface area is 110 Å². The molecule has 0 nitrogen and oxygen atoms in total. The van der Waals surface area contributed by atoms with Gasteiger partial charge in [-0.1, -0.05) is 44.8 Å². The van der Waals surface area contributed by atoms with Gasteiger partial charge in [0.25, 0.3) is 0 Å². The van der Waals surface area contributed by atoms with Crippen molar-refractivity contribution < 1.29 is 0 Å². The van der Waals surface area contributed by atoms with Crippen molar-refractivity contribution in [2.75, 3.05) is 0 Å². The number of halogens is 1. The van der Waals surface area contributed by atoms with Crippen molar-refractivity contribution in [3.63, 3.8) is 0 Å². The zero-order valence-electron chi connectivity index (χ0n) is 11.4. The molecule has 0 aromatic carbocycles. The number of allylic oxidation sites excluding steroid dienone is 6. The molecule has 0 rings (SSSR count). The topological polar surface area (TPSA) is 0 Å². The summed E-state index contributed by atoms with van der Waals surface area (Å²) >= 11 is 3.70. The lowest BCUT2D eigenvalue weighted by molar-refractivity contribution is 0.909. The van der Waals surface area contributed by atoms with E-state index >= 15 is 0 Å². The maximum absolute atomic E-state index is 3.70. The second kappa shape index (κ2) is 8.81. The number of hydrogen-bond acceptors (Lipinski definition) is 0. The molecule has 16 heavy (non-hydrogen) atoms. The molecule has 0 aliphatic carbocycles. The largest absolute Gasteiger partial charge is 0.0887 e. The first-order valence-electron chi connectivity index (χ1n) is 6.06. The van der Waals surface area contributed by atoms with E-state index in [0.29, 0.717) is 0 Å². The van der Waals surface area contributed by atoms with Crippen LogP contribution in [0, 0.1) is 0 Å². The third-order valence-electron chi connectivity index (χ3n) is 2.77. The van der Waals surface area contributed by atoms with E-state index in [1.54, 1.807) is 0 Å². The van der Waals surface area contributed by atoms with Gasteiger partial charge in [-0.25, -0.2) is 0 Å². The second-order valence-electron chi connectivity index (χ2n) is 4.64. The van der Waals surface area contributed by atoms with Gasteiger partial charge in [0.05, 0.1) is 0 Å². The molecule has 0 aliphatic heterocycles. The van der Waals surface area contributed by atoms with Gasteiger partial charge in [-0.05, 0) is 64.8 Å². The predicted octanol–water partition coefficient (Wildman–Crippen LogP) is 6.15. The summed E-state index contributed by atoms with van der Waals surface area (Å²) in [5.41, 5.74) is 4.36. The summed E-state index contributed by atoms with van der Waals surface area (Å²) < 4.78 is 1.39. The van der Waals surface area contributed by atoms with Crippen LogP contribution in [-0.4, -0.2) is 0 Å². The SMILES string of the molecule is CC=C(C)CCC(Br)=C(C)CCC=C(C)C. The molecule has 0 atom stereocenters. The van der Waals surface area contributed by atoms with Crippen molar-refractivity contribution >= 4 is 15.9 Å².